The highest BCUT2D eigenvalue weighted by Crippen LogP contribution is 2.41. The van der Waals surface area contributed by atoms with Crippen molar-refractivity contribution < 1.29 is 0 Å². The Morgan fingerprint density at radius 1 is 0.773 bits per heavy atom. The number of fused-ring (bicyclic) bond motifs is 2. The molecular formula is C21H21P. The molecule has 1 atom stereocenters. The van der Waals surface area contributed by atoms with Gasteiger partial charge in [-0.25, -0.2) is 0 Å². The largest absolute Gasteiger partial charge is 0.125 e. The fourth-order valence-corrected chi connectivity index (χ4v) is 4.41. The molecule has 0 saturated heterocycles. The van der Waals surface area contributed by atoms with E-state index in [9.17, 15) is 0 Å². The highest BCUT2D eigenvalue weighted by atomic mass is 31.0. The van der Waals surface area contributed by atoms with Crippen LogP contribution in [0.4, 0.5) is 0 Å². The smallest absolute Gasteiger partial charge is 0.0246 e. The molecule has 0 nitrogen and oxygen atoms in total. The van der Waals surface area contributed by atoms with Crippen molar-refractivity contribution in [2.24, 2.45) is 0 Å². The molecule has 0 bridgehead atoms. The van der Waals surface area contributed by atoms with Crippen LogP contribution in [0.5, 0.6) is 0 Å². The molecule has 0 spiro atoms. The third kappa shape index (κ3) is 2.18. The summed E-state index contributed by atoms with van der Waals surface area (Å²) < 4.78 is 0. The lowest BCUT2D eigenvalue weighted by molar-refractivity contribution is 1.11. The maximum absolute atomic E-state index is 3.08. The predicted octanol–water partition coefficient (Wildman–Crippen LogP) is 5.57. The summed E-state index contributed by atoms with van der Waals surface area (Å²) in [6.07, 6.45) is 6.94. The minimum atomic E-state index is 0.356. The van der Waals surface area contributed by atoms with E-state index in [1.165, 1.54) is 44.5 Å². The third-order valence-corrected chi connectivity index (χ3v) is 5.57. The average Bonchev–Trinajstić information content (AvgIpc) is 3.06. The first-order chi connectivity index (χ1) is 10.6. The first-order valence-electron chi connectivity index (χ1n) is 7.97. The van der Waals surface area contributed by atoms with Gasteiger partial charge in [-0.15, -0.1) is 9.24 Å². The Morgan fingerprint density at radius 3 is 1.68 bits per heavy atom. The van der Waals surface area contributed by atoms with Crippen molar-refractivity contribution in [3.05, 3.63) is 80.9 Å². The van der Waals surface area contributed by atoms with Gasteiger partial charge < -0.3 is 0 Å². The summed E-state index contributed by atoms with van der Waals surface area (Å²) in [5, 5.41) is 0. The van der Waals surface area contributed by atoms with Gasteiger partial charge in [-0.05, 0) is 60.1 Å². The fraction of sp³-hybridized carbons (Fsp3) is 0.238. The quantitative estimate of drug-likeness (QED) is 0.636. The van der Waals surface area contributed by atoms with Crippen molar-refractivity contribution >= 4 is 21.4 Å². The van der Waals surface area contributed by atoms with Gasteiger partial charge in [0, 0.05) is 5.66 Å². The van der Waals surface area contributed by atoms with Crippen molar-refractivity contribution in [2.75, 3.05) is 0 Å². The van der Waals surface area contributed by atoms with E-state index in [0.717, 1.165) is 12.8 Å². The molecule has 0 saturated carbocycles. The monoisotopic (exact) mass is 304 g/mol. The second-order valence-electron chi connectivity index (χ2n) is 6.65. The van der Waals surface area contributed by atoms with E-state index < -0.39 is 0 Å². The second-order valence-corrected chi connectivity index (χ2v) is 7.32. The molecule has 2 aliphatic rings. The molecule has 110 valence electrons. The van der Waals surface area contributed by atoms with E-state index in [4.69, 9.17) is 0 Å². The molecule has 1 unspecified atom stereocenters. The Kier molecular flexibility index (Phi) is 3.31. The molecule has 22 heavy (non-hydrogen) atoms. The molecule has 0 aliphatic heterocycles. The number of rotatable bonds is 2. The zero-order chi connectivity index (χ0) is 15.3. The summed E-state index contributed by atoms with van der Waals surface area (Å²) in [5.74, 6) is 0. The predicted molar refractivity (Wildman–Crippen MR) is 99.1 cm³/mol. The van der Waals surface area contributed by atoms with Gasteiger partial charge in [0.2, 0.25) is 0 Å². The third-order valence-electron chi connectivity index (χ3n) is 4.85. The van der Waals surface area contributed by atoms with Gasteiger partial charge in [0.05, 0.1) is 0 Å². The molecule has 2 aliphatic carbocycles. The van der Waals surface area contributed by atoms with Crippen LogP contribution in [0.15, 0.2) is 47.5 Å². The van der Waals surface area contributed by atoms with Crippen molar-refractivity contribution in [1.29, 1.82) is 0 Å². The minimum absolute atomic E-state index is 0.356. The number of allylic oxidation sites excluding steroid dienone is 2. The van der Waals surface area contributed by atoms with Crippen LogP contribution >= 0.6 is 9.24 Å². The minimum Gasteiger partial charge on any atom is -0.125 e. The van der Waals surface area contributed by atoms with Crippen molar-refractivity contribution in [3.63, 3.8) is 0 Å². The molecule has 0 heterocycles. The van der Waals surface area contributed by atoms with Gasteiger partial charge in [0.1, 0.15) is 0 Å². The number of hydrogen-bond donors (Lipinski definition) is 0. The molecular weight excluding hydrogens is 283 g/mol. The summed E-state index contributed by atoms with van der Waals surface area (Å²) in [5.41, 5.74) is 12.0. The summed E-state index contributed by atoms with van der Waals surface area (Å²) in [6, 6.07) is 13.5. The van der Waals surface area contributed by atoms with E-state index in [1.807, 2.05) is 0 Å². The van der Waals surface area contributed by atoms with Crippen LogP contribution in [0.1, 0.15) is 52.9 Å². The van der Waals surface area contributed by atoms with Gasteiger partial charge in [-0.2, -0.15) is 0 Å². The first-order valence-corrected chi connectivity index (χ1v) is 8.63. The maximum atomic E-state index is 3.08. The maximum Gasteiger partial charge on any atom is 0.0246 e. The van der Waals surface area contributed by atoms with Crippen LogP contribution in [0.25, 0.3) is 12.2 Å². The molecule has 0 aromatic heterocycles. The van der Waals surface area contributed by atoms with Gasteiger partial charge in [0.25, 0.3) is 0 Å². The van der Waals surface area contributed by atoms with E-state index in [0.29, 0.717) is 5.66 Å². The van der Waals surface area contributed by atoms with Crippen LogP contribution in [0, 0.1) is 0 Å². The van der Waals surface area contributed by atoms with E-state index in [1.54, 1.807) is 0 Å². The highest BCUT2D eigenvalue weighted by molar-refractivity contribution is 7.17. The van der Waals surface area contributed by atoms with Crippen LogP contribution in [0.2, 0.25) is 0 Å². The molecule has 0 amide bonds. The Morgan fingerprint density at radius 2 is 1.23 bits per heavy atom. The second kappa shape index (κ2) is 5.21. The van der Waals surface area contributed by atoms with Gasteiger partial charge in [0.15, 0.2) is 0 Å². The molecule has 0 N–H and O–H groups in total. The zero-order valence-corrected chi connectivity index (χ0v) is 14.3. The molecule has 2 aromatic rings. The fourth-order valence-electron chi connectivity index (χ4n) is 3.83. The number of benzene rings is 2. The van der Waals surface area contributed by atoms with E-state index >= 15 is 0 Å². The van der Waals surface area contributed by atoms with Gasteiger partial charge in [-0.3, -0.25) is 0 Å². The summed E-state index contributed by atoms with van der Waals surface area (Å²) >= 11 is 0. The lowest BCUT2D eigenvalue weighted by Crippen LogP contribution is -2.00. The first kappa shape index (κ1) is 14.0. The van der Waals surface area contributed by atoms with Gasteiger partial charge in [-0.1, -0.05) is 59.7 Å². The number of hydrogen-bond acceptors (Lipinski definition) is 0. The summed E-state index contributed by atoms with van der Waals surface area (Å²) in [6.45, 7) is 4.46. The highest BCUT2D eigenvalue weighted by Gasteiger charge is 2.22. The van der Waals surface area contributed by atoms with E-state index in [2.05, 4.69) is 71.6 Å². The lowest BCUT2D eigenvalue weighted by atomic mass is 9.93. The molecule has 0 fully saturated rings. The normalized spacial score (nSPS) is 15.6. The lowest BCUT2D eigenvalue weighted by Gasteiger charge is -2.19. The summed E-state index contributed by atoms with van der Waals surface area (Å²) in [4.78, 5) is 0. The standard InChI is InChI=1S/C21H21P/c1-13-9-15-5-3-7-17(19(15)11-13)21(22)18-8-4-6-16-10-14(2)12-20(16)18/h3-8,11-12,21H,9-10,22H2,1-2H3. The topological polar surface area (TPSA) is 0 Å². The molecule has 1 heteroatoms. The Balaban J connectivity index is 1.84. The van der Waals surface area contributed by atoms with E-state index in [-0.39, 0.29) is 0 Å². The SMILES string of the molecule is CC1=Cc2c(cccc2C(P)c2cccc3c2C=C(C)C3)C1. The van der Waals surface area contributed by atoms with Crippen LogP contribution in [0.3, 0.4) is 0 Å². The average molecular weight is 304 g/mol. The Hall–Kier alpha value is -1.65. The van der Waals surface area contributed by atoms with Crippen molar-refractivity contribution in [3.8, 4) is 0 Å². The molecule has 2 aromatic carbocycles. The van der Waals surface area contributed by atoms with Crippen molar-refractivity contribution in [2.45, 2.75) is 32.3 Å². The zero-order valence-electron chi connectivity index (χ0n) is 13.2. The molecule has 0 radical (unpaired) electrons. The van der Waals surface area contributed by atoms with Crippen LogP contribution in [-0.2, 0) is 12.8 Å². The van der Waals surface area contributed by atoms with Crippen LogP contribution in [-0.4, -0.2) is 0 Å². The Bertz CT molecular complexity index is 754. The van der Waals surface area contributed by atoms with Crippen LogP contribution < -0.4 is 0 Å². The molecule has 4 rings (SSSR count). The van der Waals surface area contributed by atoms with Crippen molar-refractivity contribution in [1.82, 2.24) is 0 Å². The van der Waals surface area contributed by atoms with Gasteiger partial charge >= 0.3 is 0 Å². The summed E-state index contributed by atoms with van der Waals surface area (Å²) in [7, 11) is 3.08. The Labute approximate surface area is 135 Å².